The third-order valence-electron chi connectivity index (χ3n) is 5.69. The van der Waals surface area contributed by atoms with Crippen LogP contribution < -0.4 is 10.2 Å². The van der Waals surface area contributed by atoms with Crippen LogP contribution in [0.1, 0.15) is 31.9 Å². The third kappa shape index (κ3) is 3.50. The van der Waals surface area contributed by atoms with Crippen LogP contribution in [0.15, 0.2) is 17.1 Å². The van der Waals surface area contributed by atoms with Crippen molar-refractivity contribution < 1.29 is 14.6 Å². The molecule has 2 N–H and O–H groups in total. The summed E-state index contributed by atoms with van der Waals surface area (Å²) < 4.78 is 10.4. The summed E-state index contributed by atoms with van der Waals surface area (Å²) in [6.07, 6.45) is 4.29. The second-order valence-electron chi connectivity index (χ2n) is 7.15. The molecule has 6 nitrogen and oxygen atoms in total. The van der Waals surface area contributed by atoms with Crippen LogP contribution in [0, 0.1) is 11.8 Å². The first-order valence-electron chi connectivity index (χ1n) is 8.81. The lowest BCUT2D eigenvalue weighted by Gasteiger charge is -2.48. The molecule has 0 radical (unpaired) electrons. The van der Waals surface area contributed by atoms with Gasteiger partial charge in [0, 0.05) is 50.8 Å². The summed E-state index contributed by atoms with van der Waals surface area (Å²) in [6, 6.07) is 1.60. The van der Waals surface area contributed by atoms with Crippen molar-refractivity contribution >= 4 is 0 Å². The summed E-state index contributed by atoms with van der Waals surface area (Å²) in [7, 11) is 1.49. The lowest BCUT2D eigenvalue weighted by Crippen LogP contribution is -2.55. The number of hydrogen-bond acceptors (Lipinski definition) is 5. The number of rotatable bonds is 4. The topological polar surface area (TPSA) is 74.8 Å². The van der Waals surface area contributed by atoms with Gasteiger partial charge in [-0.1, -0.05) is 6.92 Å². The van der Waals surface area contributed by atoms with Crippen LogP contribution in [0.5, 0.6) is 5.75 Å². The molecule has 6 heteroatoms. The van der Waals surface area contributed by atoms with E-state index in [1.54, 1.807) is 12.3 Å². The summed E-state index contributed by atoms with van der Waals surface area (Å²) >= 11 is 0. The number of hydrogen-bond donors (Lipinski definition) is 2. The lowest BCUT2D eigenvalue weighted by molar-refractivity contribution is -0.131. The first-order valence-corrected chi connectivity index (χ1v) is 8.81. The van der Waals surface area contributed by atoms with Gasteiger partial charge >= 0.3 is 0 Å². The van der Waals surface area contributed by atoms with E-state index in [9.17, 15) is 9.90 Å². The summed E-state index contributed by atoms with van der Waals surface area (Å²) in [6.45, 7) is 6.02. The predicted octanol–water partition coefficient (Wildman–Crippen LogP) is 1.38. The standard InChI is InChI=1S/C18H28N2O4/c1-13-11-20(12-15-9-16(21)17(23-2)10-19-15)6-5-18(13,22)14-3-7-24-8-4-14/h9-10,13-14,22H,3-8,11-12H2,1-2H3,(H,19,21)/t13-,18+/m1/s1. The number of methoxy groups -OCH3 is 1. The maximum atomic E-state index is 11.9. The van der Waals surface area contributed by atoms with E-state index in [1.165, 1.54) is 7.11 Å². The maximum absolute atomic E-state index is 11.9. The molecule has 0 unspecified atom stereocenters. The van der Waals surface area contributed by atoms with Gasteiger partial charge in [-0.05, 0) is 31.1 Å². The van der Waals surface area contributed by atoms with Crippen molar-refractivity contribution in [3.05, 3.63) is 28.2 Å². The molecule has 0 bridgehead atoms. The second-order valence-corrected chi connectivity index (χ2v) is 7.15. The zero-order valence-corrected chi connectivity index (χ0v) is 14.6. The molecule has 134 valence electrons. The van der Waals surface area contributed by atoms with Gasteiger partial charge in [-0.25, -0.2) is 0 Å². The van der Waals surface area contributed by atoms with Gasteiger partial charge in [0.25, 0.3) is 0 Å². The molecule has 0 spiro atoms. The van der Waals surface area contributed by atoms with Crippen LogP contribution in [0.4, 0.5) is 0 Å². The molecule has 2 saturated heterocycles. The summed E-state index contributed by atoms with van der Waals surface area (Å²) in [5.74, 6) is 0.878. The Hall–Kier alpha value is -1.37. The van der Waals surface area contributed by atoms with Gasteiger partial charge in [0.05, 0.1) is 12.7 Å². The first-order chi connectivity index (χ1) is 11.5. The van der Waals surface area contributed by atoms with Crippen molar-refractivity contribution in [2.45, 2.75) is 38.3 Å². The fourth-order valence-corrected chi connectivity index (χ4v) is 4.16. The molecule has 0 aliphatic carbocycles. The highest BCUT2D eigenvalue weighted by molar-refractivity contribution is 5.20. The third-order valence-corrected chi connectivity index (χ3v) is 5.69. The van der Waals surface area contributed by atoms with E-state index >= 15 is 0 Å². The summed E-state index contributed by atoms with van der Waals surface area (Å²) in [5, 5.41) is 11.2. The fraction of sp³-hybridized carbons (Fsp3) is 0.722. The van der Waals surface area contributed by atoms with Gasteiger partial charge < -0.3 is 19.6 Å². The first kappa shape index (κ1) is 17.5. The molecule has 1 aromatic heterocycles. The Bertz CT molecular complexity index is 611. The SMILES string of the molecule is COc1c[nH]c(CN2CC[C@@](O)(C3CCOCC3)[C@H](C)C2)cc1=O. The number of aromatic amines is 1. The zero-order valence-electron chi connectivity index (χ0n) is 14.6. The van der Waals surface area contributed by atoms with E-state index in [0.29, 0.717) is 18.2 Å². The van der Waals surface area contributed by atoms with Gasteiger partial charge in [0.1, 0.15) is 0 Å². The molecule has 2 fully saturated rings. The van der Waals surface area contributed by atoms with Crippen molar-refractivity contribution in [2.75, 3.05) is 33.4 Å². The summed E-state index contributed by atoms with van der Waals surface area (Å²) in [5.41, 5.74) is 0.188. The number of H-pyrrole nitrogens is 1. The molecule has 0 amide bonds. The Kier molecular flexibility index (Phi) is 5.27. The number of ether oxygens (including phenoxy) is 2. The highest BCUT2D eigenvalue weighted by Gasteiger charge is 2.45. The maximum Gasteiger partial charge on any atom is 0.223 e. The van der Waals surface area contributed by atoms with Crippen molar-refractivity contribution in [1.29, 1.82) is 0 Å². The van der Waals surface area contributed by atoms with Gasteiger partial charge in [0.2, 0.25) is 5.43 Å². The zero-order chi connectivity index (χ0) is 17.2. The lowest BCUT2D eigenvalue weighted by atomic mass is 9.70. The molecule has 0 aromatic carbocycles. The van der Waals surface area contributed by atoms with Crippen LogP contribution in [0.3, 0.4) is 0 Å². The molecular formula is C18H28N2O4. The van der Waals surface area contributed by atoms with Gasteiger partial charge in [-0.2, -0.15) is 0 Å². The van der Waals surface area contributed by atoms with Crippen molar-refractivity contribution in [3.63, 3.8) is 0 Å². The van der Waals surface area contributed by atoms with E-state index in [0.717, 1.165) is 51.3 Å². The Labute approximate surface area is 142 Å². The number of nitrogens with zero attached hydrogens (tertiary/aromatic N) is 1. The largest absolute Gasteiger partial charge is 0.491 e. The van der Waals surface area contributed by atoms with E-state index in [2.05, 4.69) is 16.8 Å². The van der Waals surface area contributed by atoms with E-state index in [-0.39, 0.29) is 11.3 Å². The fourth-order valence-electron chi connectivity index (χ4n) is 4.16. The van der Waals surface area contributed by atoms with Crippen LogP contribution in [0.25, 0.3) is 0 Å². The minimum absolute atomic E-state index is 0.102. The average Bonchev–Trinajstić information content (AvgIpc) is 2.59. The number of nitrogens with one attached hydrogen (secondary N) is 1. The molecule has 1 aromatic rings. The Morgan fingerprint density at radius 3 is 2.83 bits per heavy atom. The number of likely N-dealkylation sites (tertiary alicyclic amines) is 1. The van der Waals surface area contributed by atoms with E-state index in [4.69, 9.17) is 9.47 Å². The highest BCUT2D eigenvalue weighted by Crippen LogP contribution is 2.39. The number of aliphatic hydroxyl groups is 1. The molecular weight excluding hydrogens is 308 g/mol. The Morgan fingerprint density at radius 1 is 1.46 bits per heavy atom. The van der Waals surface area contributed by atoms with Crippen molar-refractivity contribution in [2.24, 2.45) is 11.8 Å². The minimum atomic E-state index is -0.590. The van der Waals surface area contributed by atoms with Gasteiger partial charge in [0.15, 0.2) is 5.75 Å². The minimum Gasteiger partial charge on any atom is -0.491 e. The summed E-state index contributed by atoms with van der Waals surface area (Å²) in [4.78, 5) is 17.3. The van der Waals surface area contributed by atoms with Crippen LogP contribution in [-0.4, -0.2) is 54.0 Å². The van der Waals surface area contributed by atoms with Crippen LogP contribution in [-0.2, 0) is 11.3 Å². The highest BCUT2D eigenvalue weighted by atomic mass is 16.5. The van der Waals surface area contributed by atoms with Gasteiger partial charge in [-0.3, -0.25) is 9.69 Å². The van der Waals surface area contributed by atoms with Crippen LogP contribution >= 0.6 is 0 Å². The monoisotopic (exact) mass is 336 g/mol. The van der Waals surface area contributed by atoms with E-state index in [1.807, 2.05) is 0 Å². The predicted molar refractivity (Wildman–Crippen MR) is 91.2 cm³/mol. The Morgan fingerprint density at radius 2 is 2.21 bits per heavy atom. The molecule has 2 aliphatic heterocycles. The Balaban J connectivity index is 1.62. The van der Waals surface area contributed by atoms with Gasteiger partial charge in [-0.15, -0.1) is 0 Å². The number of pyridine rings is 1. The molecule has 2 atom stereocenters. The van der Waals surface area contributed by atoms with E-state index < -0.39 is 5.60 Å². The molecule has 2 aliphatic rings. The normalized spacial score (nSPS) is 29.5. The quantitative estimate of drug-likeness (QED) is 0.869. The van der Waals surface area contributed by atoms with Crippen LogP contribution in [0.2, 0.25) is 0 Å². The molecule has 24 heavy (non-hydrogen) atoms. The van der Waals surface area contributed by atoms with Crippen molar-refractivity contribution in [1.82, 2.24) is 9.88 Å². The van der Waals surface area contributed by atoms with Crippen molar-refractivity contribution in [3.8, 4) is 5.75 Å². The smallest absolute Gasteiger partial charge is 0.223 e. The molecule has 0 saturated carbocycles. The molecule has 3 rings (SSSR count). The second kappa shape index (κ2) is 7.25. The molecule has 3 heterocycles. The number of aromatic nitrogens is 1. The average molecular weight is 336 g/mol. The number of piperidine rings is 1.